The van der Waals surface area contributed by atoms with Crippen molar-refractivity contribution in [2.24, 2.45) is 0 Å². The molecule has 1 heterocycles. The highest BCUT2D eigenvalue weighted by atomic mass is 35.5. The van der Waals surface area contributed by atoms with E-state index in [1.54, 1.807) is 13.2 Å². The van der Waals surface area contributed by atoms with Gasteiger partial charge in [-0.15, -0.1) is 0 Å². The van der Waals surface area contributed by atoms with Crippen molar-refractivity contribution < 1.29 is 4.74 Å². The molecule has 0 bridgehead atoms. The van der Waals surface area contributed by atoms with Crippen molar-refractivity contribution in [2.45, 2.75) is 6.54 Å². The molecular weight excluding hydrogens is 384 g/mol. The normalized spacial score (nSPS) is 10.7. The van der Waals surface area contributed by atoms with Gasteiger partial charge in [0.1, 0.15) is 5.75 Å². The molecule has 0 unspecified atom stereocenters. The Morgan fingerprint density at radius 1 is 0.897 bits per heavy atom. The van der Waals surface area contributed by atoms with E-state index < -0.39 is 0 Å². The second-order valence-corrected chi connectivity index (χ2v) is 7.06. The average Bonchev–Trinajstić information content (AvgIpc) is 2.76. The van der Waals surface area contributed by atoms with Gasteiger partial charge in [0.25, 0.3) is 5.56 Å². The number of hydrogen-bond donors (Lipinski definition) is 0. The van der Waals surface area contributed by atoms with Crippen LogP contribution in [0, 0.1) is 0 Å². The van der Waals surface area contributed by atoms with E-state index in [-0.39, 0.29) is 5.56 Å². The number of ether oxygens (including phenoxy) is 1. The van der Waals surface area contributed by atoms with Gasteiger partial charge in [0.05, 0.1) is 19.3 Å². The molecule has 0 aliphatic heterocycles. The third-order valence-electron chi connectivity index (χ3n) is 4.69. The number of methoxy groups -OCH3 is 1. The van der Waals surface area contributed by atoms with Gasteiger partial charge in [-0.2, -0.15) is 5.10 Å². The lowest BCUT2D eigenvalue weighted by molar-refractivity contribution is 0.415. The van der Waals surface area contributed by atoms with Gasteiger partial charge < -0.3 is 4.74 Å². The summed E-state index contributed by atoms with van der Waals surface area (Å²) in [5.74, 6) is 0.763. The van der Waals surface area contributed by atoms with Crippen molar-refractivity contribution in [1.82, 2.24) is 9.78 Å². The Balaban J connectivity index is 1.86. The van der Waals surface area contributed by atoms with E-state index in [2.05, 4.69) is 0 Å². The molecule has 29 heavy (non-hydrogen) atoms. The van der Waals surface area contributed by atoms with Crippen LogP contribution < -0.4 is 10.3 Å². The van der Waals surface area contributed by atoms with Crippen LogP contribution in [0.5, 0.6) is 5.75 Å². The van der Waals surface area contributed by atoms with Gasteiger partial charge in [-0.1, -0.05) is 54.1 Å². The summed E-state index contributed by atoms with van der Waals surface area (Å²) in [7, 11) is 1.63. The summed E-state index contributed by atoms with van der Waals surface area (Å²) in [6.45, 7) is 0.406. The van der Waals surface area contributed by atoms with Crippen LogP contribution >= 0.6 is 11.6 Å². The Bertz CT molecular complexity index is 1170. The van der Waals surface area contributed by atoms with E-state index in [0.717, 1.165) is 33.7 Å². The highest BCUT2D eigenvalue weighted by Crippen LogP contribution is 2.31. The third kappa shape index (κ3) is 4.23. The van der Waals surface area contributed by atoms with Crippen LogP contribution in [0.3, 0.4) is 0 Å². The summed E-state index contributed by atoms with van der Waals surface area (Å²) < 4.78 is 6.76. The smallest absolute Gasteiger partial charge is 0.267 e. The zero-order valence-corrected chi connectivity index (χ0v) is 16.6. The molecule has 3 aromatic carbocycles. The van der Waals surface area contributed by atoms with E-state index in [4.69, 9.17) is 21.4 Å². The molecule has 0 saturated heterocycles. The largest absolute Gasteiger partial charge is 0.497 e. The summed E-state index contributed by atoms with van der Waals surface area (Å²) in [6.07, 6.45) is 0. The van der Waals surface area contributed by atoms with E-state index in [0.29, 0.717) is 11.6 Å². The molecule has 4 aromatic rings. The first-order valence-corrected chi connectivity index (χ1v) is 9.58. The van der Waals surface area contributed by atoms with Gasteiger partial charge in [0, 0.05) is 22.2 Å². The number of nitrogens with zero attached hydrogens (tertiary/aromatic N) is 2. The van der Waals surface area contributed by atoms with E-state index in [9.17, 15) is 4.79 Å². The van der Waals surface area contributed by atoms with Crippen molar-refractivity contribution in [1.29, 1.82) is 0 Å². The van der Waals surface area contributed by atoms with Crippen LogP contribution in [0.25, 0.3) is 22.4 Å². The summed E-state index contributed by atoms with van der Waals surface area (Å²) in [4.78, 5) is 12.8. The van der Waals surface area contributed by atoms with Crippen LogP contribution in [-0.4, -0.2) is 16.9 Å². The minimum absolute atomic E-state index is 0.156. The molecule has 144 valence electrons. The molecule has 0 saturated carbocycles. The predicted molar refractivity (Wildman–Crippen MR) is 116 cm³/mol. The highest BCUT2D eigenvalue weighted by molar-refractivity contribution is 6.30. The molecule has 0 fully saturated rings. The molecule has 0 spiro atoms. The van der Waals surface area contributed by atoms with Crippen LogP contribution in [0.4, 0.5) is 0 Å². The lowest BCUT2D eigenvalue weighted by atomic mass is 10.00. The Morgan fingerprint density at radius 2 is 1.55 bits per heavy atom. The van der Waals surface area contributed by atoms with Gasteiger partial charge in [-0.25, -0.2) is 4.68 Å². The number of hydrogen-bond acceptors (Lipinski definition) is 3. The van der Waals surface area contributed by atoms with E-state index in [1.165, 1.54) is 4.68 Å². The Hall–Kier alpha value is -3.37. The fourth-order valence-corrected chi connectivity index (χ4v) is 3.30. The maximum atomic E-state index is 12.8. The van der Waals surface area contributed by atoms with Crippen molar-refractivity contribution in [3.05, 3.63) is 106 Å². The first-order chi connectivity index (χ1) is 14.1. The van der Waals surface area contributed by atoms with Crippen LogP contribution in [0.15, 0.2) is 89.7 Å². The zero-order valence-electron chi connectivity index (χ0n) is 15.9. The number of rotatable bonds is 5. The Morgan fingerprint density at radius 3 is 2.21 bits per heavy atom. The van der Waals surface area contributed by atoms with Crippen LogP contribution in [-0.2, 0) is 6.54 Å². The Labute approximate surface area is 174 Å². The van der Waals surface area contributed by atoms with Crippen molar-refractivity contribution in [2.75, 3.05) is 7.11 Å². The average molecular weight is 403 g/mol. The predicted octanol–water partition coefficient (Wildman–Crippen LogP) is 5.29. The standard InChI is InChI=1S/C24H19ClN2O2/c1-29-21-13-9-19(10-14-21)24-22(18-7-11-20(25)12-8-18)15-23(28)27(26-24)16-17-5-3-2-4-6-17/h2-15H,16H2,1H3. The molecule has 0 amide bonds. The van der Waals surface area contributed by atoms with Crippen LogP contribution in [0.2, 0.25) is 5.02 Å². The molecule has 1 aromatic heterocycles. The molecule has 0 aliphatic rings. The minimum atomic E-state index is -0.156. The van der Waals surface area contributed by atoms with E-state index in [1.807, 2.05) is 78.9 Å². The summed E-state index contributed by atoms with van der Waals surface area (Å²) >= 11 is 6.04. The van der Waals surface area contributed by atoms with Crippen LogP contribution in [0.1, 0.15) is 5.56 Å². The van der Waals surface area contributed by atoms with Gasteiger partial charge in [-0.05, 0) is 47.5 Å². The number of halogens is 1. The second-order valence-electron chi connectivity index (χ2n) is 6.62. The first-order valence-electron chi connectivity index (χ1n) is 9.20. The van der Waals surface area contributed by atoms with Gasteiger partial charge >= 0.3 is 0 Å². The lowest BCUT2D eigenvalue weighted by Crippen LogP contribution is -2.23. The number of benzene rings is 3. The summed E-state index contributed by atoms with van der Waals surface area (Å²) in [6, 6.07) is 26.5. The maximum Gasteiger partial charge on any atom is 0.267 e. The second kappa shape index (κ2) is 8.33. The molecule has 0 radical (unpaired) electrons. The van der Waals surface area contributed by atoms with Gasteiger partial charge in [-0.3, -0.25) is 4.79 Å². The zero-order chi connectivity index (χ0) is 20.2. The molecule has 0 atom stereocenters. The lowest BCUT2D eigenvalue weighted by Gasteiger charge is -2.13. The minimum Gasteiger partial charge on any atom is -0.497 e. The third-order valence-corrected chi connectivity index (χ3v) is 4.94. The highest BCUT2D eigenvalue weighted by Gasteiger charge is 2.14. The molecule has 4 nitrogen and oxygen atoms in total. The fourth-order valence-electron chi connectivity index (χ4n) is 3.17. The van der Waals surface area contributed by atoms with Gasteiger partial charge in [0.15, 0.2) is 0 Å². The van der Waals surface area contributed by atoms with Crippen molar-refractivity contribution >= 4 is 11.6 Å². The number of aromatic nitrogens is 2. The molecular formula is C24H19ClN2O2. The SMILES string of the molecule is COc1ccc(-c2nn(Cc3ccccc3)c(=O)cc2-c2ccc(Cl)cc2)cc1. The Kier molecular flexibility index (Phi) is 5.45. The van der Waals surface area contributed by atoms with Crippen molar-refractivity contribution in [3.8, 4) is 28.1 Å². The molecule has 0 aliphatic carbocycles. The van der Waals surface area contributed by atoms with Gasteiger partial charge in [0.2, 0.25) is 0 Å². The van der Waals surface area contributed by atoms with E-state index >= 15 is 0 Å². The topological polar surface area (TPSA) is 44.1 Å². The molecule has 0 N–H and O–H groups in total. The van der Waals surface area contributed by atoms with Crippen molar-refractivity contribution in [3.63, 3.8) is 0 Å². The summed E-state index contributed by atoms with van der Waals surface area (Å²) in [5.41, 5.74) is 4.14. The molecule has 4 rings (SSSR count). The quantitative estimate of drug-likeness (QED) is 0.455. The molecule has 5 heteroatoms. The first kappa shape index (κ1) is 19.0. The fraction of sp³-hybridized carbons (Fsp3) is 0.0833. The monoisotopic (exact) mass is 402 g/mol. The maximum absolute atomic E-state index is 12.8. The summed E-state index contributed by atoms with van der Waals surface area (Å²) in [5, 5.41) is 5.37.